The van der Waals surface area contributed by atoms with E-state index < -0.39 is 0 Å². The topological polar surface area (TPSA) is 36.3 Å². The third-order valence-corrected chi connectivity index (χ3v) is 3.05. The maximum Gasteiger partial charge on any atom is 0.123 e. The van der Waals surface area contributed by atoms with E-state index in [0.29, 0.717) is 17.4 Å². The first-order valence-corrected chi connectivity index (χ1v) is 7.25. The number of methoxy groups -OCH3 is 1. The average Bonchev–Trinajstić information content (AvgIpc) is 2.37. The van der Waals surface area contributed by atoms with E-state index in [-0.39, 0.29) is 0 Å². The summed E-state index contributed by atoms with van der Waals surface area (Å²) in [4.78, 5) is 2.44. The molecule has 0 saturated heterocycles. The molecule has 0 unspecified atom stereocenters. The van der Waals surface area contributed by atoms with Gasteiger partial charge in [-0.1, -0.05) is 27.7 Å². The van der Waals surface area contributed by atoms with E-state index in [0.717, 1.165) is 30.9 Å². The summed E-state index contributed by atoms with van der Waals surface area (Å²) >= 11 is 0. The standard InChI is InChI=1S/C17H26N2O/c1-13(2)10-19(11-14(3)4)12-16-8-15(9-18)6-7-17(16)20-5/h6-8,13-14H,10-12H2,1-5H3. The van der Waals surface area contributed by atoms with Crippen molar-refractivity contribution < 1.29 is 4.74 Å². The van der Waals surface area contributed by atoms with Crippen LogP contribution in [-0.4, -0.2) is 25.1 Å². The number of nitrogens with zero attached hydrogens (tertiary/aromatic N) is 2. The molecule has 0 fully saturated rings. The third kappa shape index (κ3) is 5.22. The fraction of sp³-hybridized carbons (Fsp3) is 0.588. The Hall–Kier alpha value is -1.53. The van der Waals surface area contributed by atoms with Crippen LogP contribution < -0.4 is 4.74 Å². The molecule has 0 bridgehead atoms. The molecule has 0 heterocycles. The highest BCUT2D eigenvalue weighted by atomic mass is 16.5. The molecule has 20 heavy (non-hydrogen) atoms. The molecule has 3 nitrogen and oxygen atoms in total. The first-order chi connectivity index (χ1) is 9.46. The Bertz CT molecular complexity index is 451. The molecule has 0 aliphatic carbocycles. The molecular formula is C17H26N2O. The summed E-state index contributed by atoms with van der Waals surface area (Å²) in [6.45, 7) is 11.9. The van der Waals surface area contributed by atoms with Gasteiger partial charge in [0.05, 0.1) is 18.7 Å². The fourth-order valence-corrected chi connectivity index (χ4v) is 2.45. The lowest BCUT2D eigenvalue weighted by molar-refractivity contribution is 0.209. The Morgan fingerprint density at radius 3 is 2.20 bits per heavy atom. The Labute approximate surface area is 123 Å². The van der Waals surface area contributed by atoms with Crippen LogP contribution in [0.2, 0.25) is 0 Å². The van der Waals surface area contributed by atoms with Crippen molar-refractivity contribution in [3.05, 3.63) is 29.3 Å². The number of nitriles is 1. The van der Waals surface area contributed by atoms with Gasteiger partial charge in [-0.15, -0.1) is 0 Å². The molecule has 0 radical (unpaired) electrons. The van der Waals surface area contributed by atoms with Crippen LogP contribution in [0.15, 0.2) is 18.2 Å². The maximum atomic E-state index is 9.05. The van der Waals surface area contributed by atoms with Gasteiger partial charge in [-0.3, -0.25) is 4.90 Å². The quantitative estimate of drug-likeness (QED) is 0.761. The van der Waals surface area contributed by atoms with Gasteiger partial charge in [0.15, 0.2) is 0 Å². The van der Waals surface area contributed by atoms with E-state index in [2.05, 4.69) is 38.7 Å². The Morgan fingerprint density at radius 1 is 1.15 bits per heavy atom. The van der Waals surface area contributed by atoms with Gasteiger partial charge in [0.25, 0.3) is 0 Å². The summed E-state index contributed by atoms with van der Waals surface area (Å²) in [5.41, 5.74) is 1.78. The molecule has 0 aromatic heterocycles. The van der Waals surface area contributed by atoms with E-state index in [1.807, 2.05) is 12.1 Å². The summed E-state index contributed by atoms with van der Waals surface area (Å²) < 4.78 is 5.42. The Balaban J connectivity index is 2.93. The van der Waals surface area contributed by atoms with Gasteiger partial charge in [-0.05, 0) is 30.0 Å². The number of hydrogen-bond donors (Lipinski definition) is 0. The molecule has 0 saturated carbocycles. The molecule has 110 valence electrons. The van der Waals surface area contributed by atoms with Crippen molar-refractivity contribution in [3.63, 3.8) is 0 Å². The minimum Gasteiger partial charge on any atom is -0.496 e. The zero-order valence-electron chi connectivity index (χ0n) is 13.3. The molecule has 3 heteroatoms. The monoisotopic (exact) mass is 274 g/mol. The van der Waals surface area contributed by atoms with Crippen LogP contribution in [0.3, 0.4) is 0 Å². The van der Waals surface area contributed by atoms with Gasteiger partial charge in [0.1, 0.15) is 5.75 Å². The van der Waals surface area contributed by atoms with E-state index in [1.54, 1.807) is 13.2 Å². The predicted octanol–water partition coefficient (Wildman–Crippen LogP) is 3.68. The maximum absolute atomic E-state index is 9.05. The van der Waals surface area contributed by atoms with Crippen molar-refractivity contribution in [1.29, 1.82) is 5.26 Å². The van der Waals surface area contributed by atoms with Crippen LogP contribution >= 0.6 is 0 Å². The molecule has 1 aromatic carbocycles. The molecule has 1 rings (SSSR count). The average molecular weight is 274 g/mol. The highest BCUT2D eigenvalue weighted by molar-refractivity contribution is 5.42. The zero-order valence-corrected chi connectivity index (χ0v) is 13.3. The molecule has 0 aliphatic rings. The van der Waals surface area contributed by atoms with Gasteiger partial charge in [0.2, 0.25) is 0 Å². The largest absolute Gasteiger partial charge is 0.496 e. The molecule has 0 N–H and O–H groups in total. The first-order valence-electron chi connectivity index (χ1n) is 7.25. The van der Waals surface area contributed by atoms with Crippen LogP contribution in [0.5, 0.6) is 5.75 Å². The highest BCUT2D eigenvalue weighted by Crippen LogP contribution is 2.22. The van der Waals surface area contributed by atoms with Crippen molar-refractivity contribution in [2.24, 2.45) is 11.8 Å². The molecule has 0 spiro atoms. The van der Waals surface area contributed by atoms with Gasteiger partial charge < -0.3 is 4.74 Å². The molecular weight excluding hydrogens is 248 g/mol. The minimum atomic E-state index is 0.624. The van der Waals surface area contributed by atoms with E-state index in [9.17, 15) is 0 Å². The number of ether oxygens (including phenoxy) is 1. The Kier molecular flexibility index (Phi) is 6.54. The Morgan fingerprint density at radius 2 is 1.75 bits per heavy atom. The summed E-state index contributed by atoms with van der Waals surface area (Å²) in [7, 11) is 1.68. The van der Waals surface area contributed by atoms with E-state index >= 15 is 0 Å². The smallest absolute Gasteiger partial charge is 0.123 e. The van der Waals surface area contributed by atoms with E-state index in [4.69, 9.17) is 10.00 Å². The van der Waals surface area contributed by atoms with Crippen LogP contribution in [0.1, 0.15) is 38.8 Å². The third-order valence-electron chi connectivity index (χ3n) is 3.05. The van der Waals surface area contributed by atoms with Crippen molar-refractivity contribution in [1.82, 2.24) is 4.90 Å². The van der Waals surface area contributed by atoms with Gasteiger partial charge >= 0.3 is 0 Å². The summed E-state index contributed by atoms with van der Waals surface area (Å²) in [6, 6.07) is 7.83. The molecule has 0 amide bonds. The summed E-state index contributed by atoms with van der Waals surface area (Å²) in [5.74, 6) is 2.11. The normalized spacial score (nSPS) is 11.2. The van der Waals surface area contributed by atoms with Crippen molar-refractivity contribution in [3.8, 4) is 11.8 Å². The predicted molar refractivity (Wildman–Crippen MR) is 82.7 cm³/mol. The second-order valence-electron chi connectivity index (χ2n) is 6.12. The molecule has 1 aromatic rings. The van der Waals surface area contributed by atoms with Crippen molar-refractivity contribution >= 4 is 0 Å². The number of rotatable bonds is 7. The second-order valence-corrected chi connectivity index (χ2v) is 6.12. The van der Waals surface area contributed by atoms with Crippen LogP contribution in [0.4, 0.5) is 0 Å². The van der Waals surface area contributed by atoms with Crippen LogP contribution in [-0.2, 0) is 6.54 Å². The number of hydrogen-bond acceptors (Lipinski definition) is 3. The molecule has 0 aliphatic heterocycles. The second kappa shape index (κ2) is 7.91. The van der Waals surface area contributed by atoms with Gasteiger partial charge in [-0.2, -0.15) is 5.26 Å². The summed E-state index contributed by atoms with van der Waals surface area (Å²) in [6.07, 6.45) is 0. The lowest BCUT2D eigenvalue weighted by Gasteiger charge is -2.26. The minimum absolute atomic E-state index is 0.624. The van der Waals surface area contributed by atoms with E-state index in [1.165, 1.54) is 0 Å². The SMILES string of the molecule is COc1ccc(C#N)cc1CN(CC(C)C)CC(C)C. The molecule has 0 atom stereocenters. The summed E-state index contributed by atoms with van der Waals surface area (Å²) in [5, 5.41) is 9.05. The van der Waals surface area contributed by atoms with Crippen molar-refractivity contribution in [2.45, 2.75) is 34.2 Å². The van der Waals surface area contributed by atoms with Gasteiger partial charge in [-0.25, -0.2) is 0 Å². The highest BCUT2D eigenvalue weighted by Gasteiger charge is 2.13. The van der Waals surface area contributed by atoms with Crippen molar-refractivity contribution in [2.75, 3.05) is 20.2 Å². The van der Waals surface area contributed by atoms with Crippen LogP contribution in [0, 0.1) is 23.2 Å². The van der Waals surface area contributed by atoms with Crippen LogP contribution in [0.25, 0.3) is 0 Å². The first kappa shape index (κ1) is 16.5. The zero-order chi connectivity index (χ0) is 15.1. The lowest BCUT2D eigenvalue weighted by atomic mass is 10.1. The van der Waals surface area contributed by atoms with Gasteiger partial charge in [0, 0.05) is 25.2 Å². The fourth-order valence-electron chi connectivity index (χ4n) is 2.45. The lowest BCUT2D eigenvalue weighted by Crippen LogP contribution is -2.31. The number of benzene rings is 1.